The number of nitrogens with zero attached hydrogens (tertiary/aromatic N) is 2. The van der Waals surface area contributed by atoms with E-state index in [-0.39, 0.29) is 23.5 Å². The number of pyridine rings is 1. The van der Waals surface area contributed by atoms with E-state index < -0.39 is 0 Å². The van der Waals surface area contributed by atoms with Crippen LogP contribution < -0.4 is 0 Å². The van der Waals surface area contributed by atoms with Crippen molar-refractivity contribution >= 4 is 17.5 Å². The lowest BCUT2D eigenvalue weighted by molar-refractivity contribution is -0.154. The third-order valence-corrected chi connectivity index (χ3v) is 5.12. The van der Waals surface area contributed by atoms with E-state index in [0.29, 0.717) is 24.6 Å². The Morgan fingerprint density at radius 1 is 1.31 bits per heavy atom. The molecule has 1 aliphatic heterocycles. The lowest BCUT2D eigenvalue weighted by Gasteiger charge is -2.46. The SMILES string of the molecule is CC1CN(C(=O)C(Cc2ccccn2)c2ccc(Cl)cc2)C(C)(C)CO1. The van der Waals surface area contributed by atoms with E-state index >= 15 is 0 Å². The summed E-state index contributed by atoms with van der Waals surface area (Å²) in [5, 5.41) is 0.665. The fraction of sp³-hybridized carbons (Fsp3) is 0.429. The molecular weight excluding hydrogens is 348 g/mol. The van der Waals surface area contributed by atoms with Crippen LogP contribution in [-0.2, 0) is 16.0 Å². The molecule has 26 heavy (non-hydrogen) atoms. The average molecular weight is 373 g/mol. The Balaban J connectivity index is 1.93. The van der Waals surface area contributed by atoms with Crippen LogP contribution >= 0.6 is 11.6 Å². The molecule has 0 N–H and O–H groups in total. The van der Waals surface area contributed by atoms with Crippen molar-refractivity contribution < 1.29 is 9.53 Å². The second-order valence-corrected chi connectivity index (χ2v) is 7.95. The zero-order valence-corrected chi connectivity index (χ0v) is 16.2. The summed E-state index contributed by atoms with van der Waals surface area (Å²) < 4.78 is 5.77. The van der Waals surface area contributed by atoms with Crippen molar-refractivity contribution in [3.05, 3.63) is 64.9 Å². The highest BCUT2D eigenvalue weighted by Crippen LogP contribution is 2.30. The van der Waals surface area contributed by atoms with Crippen LogP contribution in [0.2, 0.25) is 5.02 Å². The van der Waals surface area contributed by atoms with Crippen LogP contribution in [0, 0.1) is 0 Å². The van der Waals surface area contributed by atoms with Gasteiger partial charge in [0.15, 0.2) is 0 Å². The maximum atomic E-state index is 13.6. The standard InChI is InChI=1S/C21H25ClN2O2/c1-15-13-24(21(2,3)14-26-15)20(25)19(12-18-6-4-5-11-23-18)16-7-9-17(22)10-8-16/h4-11,15,19H,12-14H2,1-3H3. The third-order valence-electron chi connectivity index (χ3n) is 4.87. The zero-order valence-electron chi connectivity index (χ0n) is 15.5. The first-order chi connectivity index (χ1) is 12.4. The average Bonchev–Trinajstić information content (AvgIpc) is 2.63. The summed E-state index contributed by atoms with van der Waals surface area (Å²) in [6.07, 6.45) is 2.36. The molecule has 1 fully saturated rings. The second kappa shape index (κ2) is 7.77. The molecule has 2 atom stereocenters. The van der Waals surface area contributed by atoms with Gasteiger partial charge in [0.05, 0.1) is 24.2 Å². The van der Waals surface area contributed by atoms with Crippen molar-refractivity contribution in [2.45, 2.75) is 44.8 Å². The molecule has 2 heterocycles. The number of halogens is 1. The number of morpholine rings is 1. The molecule has 1 saturated heterocycles. The third kappa shape index (κ3) is 4.25. The Kier molecular flexibility index (Phi) is 5.64. The van der Waals surface area contributed by atoms with Crippen molar-refractivity contribution in [2.24, 2.45) is 0 Å². The summed E-state index contributed by atoms with van der Waals surface area (Å²) >= 11 is 6.05. The highest BCUT2D eigenvalue weighted by Gasteiger charge is 2.39. The highest BCUT2D eigenvalue weighted by atomic mass is 35.5. The highest BCUT2D eigenvalue weighted by molar-refractivity contribution is 6.30. The van der Waals surface area contributed by atoms with Crippen molar-refractivity contribution in [1.82, 2.24) is 9.88 Å². The van der Waals surface area contributed by atoms with Gasteiger partial charge in [-0.05, 0) is 50.6 Å². The quantitative estimate of drug-likeness (QED) is 0.811. The molecule has 1 aliphatic rings. The Hall–Kier alpha value is -1.91. The molecule has 0 spiro atoms. The van der Waals surface area contributed by atoms with Gasteiger partial charge in [-0.1, -0.05) is 29.8 Å². The summed E-state index contributed by atoms with van der Waals surface area (Å²) in [7, 11) is 0. The van der Waals surface area contributed by atoms with Gasteiger partial charge in [0.25, 0.3) is 0 Å². The molecule has 1 aromatic carbocycles. The molecule has 138 valence electrons. The smallest absolute Gasteiger partial charge is 0.231 e. The number of rotatable bonds is 4. The van der Waals surface area contributed by atoms with Crippen LogP contribution in [0.3, 0.4) is 0 Å². The minimum absolute atomic E-state index is 0.0349. The van der Waals surface area contributed by atoms with E-state index in [1.807, 2.05) is 54.3 Å². The van der Waals surface area contributed by atoms with Gasteiger partial charge in [0.2, 0.25) is 5.91 Å². The summed E-state index contributed by atoms with van der Waals surface area (Å²) in [5.74, 6) is -0.190. The number of hydrogen-bond acceptors (Lipinski definition) is 3. The molecule has 0 radical (unpaired) electrons. The molecule has 1 aromatic heterocycles. The van der Waals surface area contributed by atoms with Gasteiger partial charge in [-0.3, -0.25) is 9.78 Å². The van der Waals surface area contributed by atoms with Gasteiger partial charge in [0, 0.05) is 29.9 Å². The lowest BCUT2D eigenvalue weighted by Crippen LogP contribution is -2.59. The van der Waals surface area contributed by atoms with Crippen LogP contribution in [0.4, 0.5) is 0 Å². The first-order valence-corrected chi connectivity index (χ1v) is 9.33. The van der Waals surface area contributed by atoms with Gasteiger partial charge in [0.1, 0.15) is 0 Å². The fourth-order valence-electron chi connectivity index (χ4n) is 3.33. The minimum atomic E-state index is -0.335. The normalized spacial score (nSPS) is 20.6. The van der Waals surface area contributed by atoms with Gasteiger partial charge < -0.3 is 9.64 Å². The number of amides is 1. The number of aromatic nitrogens is 1. The van der Waals surface area contributed by atoms with Gasteiger partial charge in [-0.15, -0.1) is 0 Å². The van der Waals surface area contributed by atoms with E-state index in [2.05, 4.69) is 18.8 Å². The predicted molar refractivity (Wildman–Crippen MR) is 103 cm³/mol. The number of benzene rings is 1. The van der Waals surface area contributed by atoms with Crippen molar-refractivity contribution in [1.29, 1.82) is 0 Å². The molecule has 5 heteroatoms. The lowest BCUT2D eigenvalue weighted by atomic mass is 9.89. The number of carbonyl (C=O) groups is 1. The van der Waals surface area contributed by atoms with Crippen LogP contribution in [0.15, 0.2) is 48.7 Å². The topological polar surface area (TPSA) is 42.4 Å². The molecule has 2 unspecified atom stereocenters. The Labute approximate surface area is 160 Å². The van der Waals surface area contributed by atoms with E-state index in [4.69, 9.17) is 16.3 Å². The summed E-state index contributed by atoms with van der Waals surface area (Å²) in [6, 6.07) is 13.3. The van der Waals surface area contributed by atoms with Gasteiger partial charge >= 0.3 is 0 Å². The van der Waals surface area contributed by atoms with Crippen LogP contribution in [0.5, 0.6) is 0 Å². The van der Waals surface area contributed by atoms with Crippen LogP contribution in [0.1, 0.15) is 37.9 Å². The van der Waals surface area contributed by atoms with Crippen LogP contribution in [-0.4, -0.2) is 40.6 Å². The minimum Gasteiger partial charge on any atom is -0.374 e. The Morgan fingerprint density at radius 2 is 2.04 bits per heavy atom. The molecule has 1 amide bonds. The van der Waals surface area contributed by atoms with Crippen LogP contribution in [0.25, 0.3) is 0 Å². The molecule has 0 bridgehead atoms. The van der Waals surface area contributed by atoms with E-state index in [1.54, 1.807) is 6.20 Å². The largest absolute Gasteiger partial charge is 0.374 e. The molecular formula is C21H25ClN2O2. The maximum Gasteiger partial charge on any atom is 0.231 e. The summed E-state index contributed by atoms with van der Waals surface area (Å²) in [5.41, 5.74) is 1.53. The van der Waals surface area contributed by atoms with Crippen molar-refractivity contribution in [3.63, 3.8) is 0 Å². The molecule has 2 aromatic rings. The number of ether oxygens (including phenoxy) is 1. The first-order valence-electron chi connectivity index (χ1n) is 8.95. The zero-order chi connectivity index (χ0) is 18.7. The van der Waals surface area contributed by atoms with Gasteiger partial charge in [-0.25, -0.2) is 0 Å². The van der Waals surface area contributed by atoms with Gasteiger partial charge in [-0.2, -0.15) is 0 Å². The van der Waals surface area contributed by atoms with E-state index in [9.17, 15) is 4.79 Å². The van der Waals surface area contributed by atoms with E-state index in [1.165, 1.54) is 0 Å². The first kappa shape index (κ1) is 18.9. The number of carbonyl (C=O) groups excluding carboxylic acids is 1. The second-order valence-electron chi connectivity index (χ2n) is 7.51. The maximum absolute atomic E-state index is 13.6. The van der Waals surface area contributed by atoms with Crippen molar-refractivity contribution in [3.8, 4) is 0 Å². The van der Waals surface area contributed by atoms with E-state index in [0.717, 1.165) is 11.3 Å². The molecule has 3 rings (SSSR count). The predicted octanol–water partition coefficient (Wildman–Crippen LogP) is 4.09. The van der Waals surface area contributed by atoms with Crippen molar-refractivity contribution in [2.75, 3.05) is 13.2 Å². The molecule has 0 saturated carbocycles. The summed E-state index contributed by atoms with van der Waals surface area (Å²) in [6.45, 7) is 7.24. The molecule has 0 aliphatic carbocycles. The monoisotopic (exact) mass is 372 g/mol. The Bertz CT molecular complexity index is 746. The number of hydrogen-bond donors (Lipinski definition) is 0. The fourth-order valence-corrected chi connectivity index (χ4v) is 3.45. The Morgan fingerprint density at radius 3 is 2.69 bits per heavy atom. The summed E-state index contributed by atoms with van der Waals surface area (Å²) in [4.78, 5) is 19.9. The molecule has 4 nitrogen and oxygen atoms in total.